The van der Waals surface area contributed by atoms with Crippen LogP contribution in [0.1, 0.15) is 13.8 Å². The topological polar surface area (TPSA) is 55.3 Å². The molecule has 0 N–H and O–H groups in total. The van der Waals surface area contributed by atoms with Crippen molar-refractivity contribution in [2.75, 3.05) is 4.90 Å². The highest BCUT2D eigenvalue weighted by Crippen LogP contribution is 2.41. The molecule has 2 aromatic rings. The number of carbonyl (C=O) groups excluding carboxylic acids is 1. The summed E-state index contributed by atoms with van der Waals surface area (Å²) in [6.07, 6.45) is 1.49. The summed E-state index contributed by atoms with van der Waals surface area (Å²) >= 11 is 7.26. The van der Waals surface area contributed by atoms with E-state index < -0.39 is 5.60 Å². The molecule has 7 heteroatoms. The molecule has 3 heterocycles. The van der Waals surface area contributed by atoms with Crippen LogP contribution in [-0.4, -0.2) is 21.5 Å². The van der Waals surface area contributed by atoms with E-state index in [0.29, 0.717) is 11.6 Å². The van der Waals surface area contributed by atoms with Gasteiger partial charge in [0.25, 0.3) is 5.91 Å². The van der Waals surface area contributed by atoms with Gasteiger partial charge in [0, 0.05) is 0 Å². The molecule has 0 radical (unpaired) electrons. The monoisotopic (exact) mass is 295 g/mol. The van der Waals surface area contributed by atoms with Crippen LogP contribution < -0.4 is 9.64 Å². The Morgan fingerprint density at radius 2 is 2.26 bits per heavy atom. The van der Waals surface area contributed by atoms with E-state index in [1.165, 1.54) is 22.4 Å². The molecule has 1 aliphatic heterocycles. The maximum Gasteiger partial charge on any atom is 0.277 e. The van der Waals surface area contributed by atoms with Crippen molar-refractivity contribution < 1.29 is 9.53 Å². The van der Waals surface area contributed by atoms with Gasteiger partial charge in [-0.25, -0.2) is 9.88 Å². The highest BCUT2D eigenvalue weighted by atomic mass is 35.5. The Morgan fingerprint density at radius 3 is 2.95 bits per heavy atom. The number of rotatable bonds is 1. The number of hydrogen-bond donors (Lipinski definition) is 0. The Labute approximate surface area is 118 Å². The van der Waals surface area contributed by atoms with Crippen LogP contribution in [-0.2, 0) is 4.79 Å². The van der Waals surface area contributed by atoms with Gasteiger partial charge in [-0.15, -0.1) is 11.3 Å². The second-order valence-electron chi connectivity index (χ2n) is 4.53. The minimum absolute atomic E-state index is 0.0800. The van der Waals surface area contributed by atoms with Crippen LogP contribution >= 0.6 is 22.9 Å². The predicted octanol–water partition coefficient (Wildman–Crippen LogP) is 3.03. The maximum absolute atomic E-state index is 12.5. The minimum atomic E-state index is -0.964. The van der Waals surface area contributed by atoms with Crippen molar-refractivity contribution in [3.05, 3.63) is 29.0 Å². The van der Waals surface area contributed by atoms with Gasteiger partial charge in [-0.2, -0.15) is 4.98 Å². The normalized spacial score (nSPS) is 17.0. The highest BCUT2D eigenvalue weighted by molar-refractivity contribution is 7.14. The molecule has 0 spiro atoms. The standard InChI is InChI=1S/C12H10ClN3O2S/c1-12(2)10(17)16(8-4-3-5-19-8)9-7(18-12)6-14-11(13)15-9/h3-6H,1-2H3. The van der Waals surface area contributed by atoms with E-state index in [-0.39, 0.29) is 11.2 Å². The predicted molar refractivity (Wildman–Crippen MR) is 73.2 cm³/mol. The number of amides is 1. The molecule has 0 atom stereocenters. The van der Waals surface area contributed by atoms with E-state index >= 15 is 0 Å². The molecular weight excluding hydrogens is 286 g/mol. The number of nitrogens with zero attached hydrogens (tertiary/aromatic N) is 3. The number of ether oxygens (including phenoxy) is 1. The van der Waals surface area contributed by atoms with Crippen LogP contribution in [0.5, 0.6) is 5.75 Å². The maximum atomic E-state index is 12.5. The average molecular weight is 296 g/mol. The summed E-state index contributed by atoms with van der Waals surface area (Å²) in [6, 6.07) is 3.72. The van der Waals surface area contributed by atoms with Gasteiger partial charge in [-0.05, 0) is 43.0 Å². The molecule has 0 bridgehead atoms. The van der Waals surface area contributed by atoms with Gasteiger partial charge in [-0.1, -0.05) is 0 Å². The van der Waals surface area contributed by atoms with Crippen LogP contribution in [0.2, 0.25) is 5.28 Å². The molecule has 1 aliphatic rings. The number of halogens is 1. The SMILES string of the molecule is CC1(C)Oc2cnc(Cl)nc2N(c2cccs2)C1=O. The van der Waals surface area contributed by atoms with Gasteiger partial charge < -0.3 is 4.74 Å². The van der Waals surface area contributed by atoms with Gasteiger partial charge in [-0.3, -0.25) is 4.79 Å². The van der Waals surface area contributed by atoms with Gasteiger partial charge in [0.2, 0.25) is 5.28 Å². The number of aromatic nitrogens is 2. The highest BCUT2D eigenvalue weighted by Gasteiger charge is 2.43. The van der Waals surface area contributed by atoms with Crippen LogP contribution in [0, 0.1) is 0 Å². The summed E-state index contributed by atoms with van der Waals surface area (Å²) in [5.41, 5.74) is -0.964. The molecule has 0 fully saturated rings. The van der Waals surface area contributed by atoms with Crippen molar-refractivity contribution in [3.63, 3.8) is 0 Å². The largest absolute Gasteiger partial charge is 0.472 e. The van der Waals surface area contributed by atoms with Gasteiger partial charge >= 0.3 is 0 Å². The van der Waals surface area contributed by atoms with Crippen molar-refractivity contribution in [3.8, 4) is 5.75 Å². The number of thiophene rings is 1. The first-order valence-corrected chi connectivity index (χ1v) is 6.84. The molecule has 1 amide bonds. The lowest BCUT2D eigenvalue weighted by Crippen LogP contribution is -2.50. The summed E-state index contributed by atoms with van der Waals surface area (Å²) in [6.45, 7) is 3.43. The lowest BCUT2D eigenvalue weighted by Gasteiger charge is -2.36. The van der Waals surface area contributed by atoms with Crippen molar-refractivity contribution in [2.24, 2.45) is 0 Å². The molecule has 0 aliphatic carbocycles. The third-order valence-electron chi connectivity index (χ3n) is 2.73. The third-order valence-corrected chi connectivity index (χ3v) is 3.76. The van der Waals surface area contributed by atoms with E-state index in [1.807, 2.05) is 17.5 Å². The smallest absolute Gasteiger partial charge is 0.277 e. The second-order valence-corrected chi connectivity index (χ2v) is 5.80. The van der Waals surface area contributed by atoms with Gasteiger partial charge in [0.1, 0.15) is 5.00 Å². The molecule has 19 heavy (non-hydrogen) atoms. The molecule has 3 rings (SSSR count). The number of hydrogen-bond acceptors (Lipinski definition) is 5. The summed E-state index contributed by atoms with van der Waals surface area (Å²) in [4.78, 5) is 22.1. The van der Waals surface area contributed by atoms with E-state index in [0.717, 1.165) is 5.00 Å². The third kappa shape index (κ3) is 1.97. The quantitative estimate of drug-likeness (QED) is 0.759. The molecular formula is C12H10ClN3O2S. The second kappa shape index (κ2) is 4.18. The van der Waals surface area contributed by atoms with Crippen LogP contribution in [0.3, 0.4) is 0 Å². The zero-order valence-electron chi connectivity index (χ0n) is 10.3. The molecule has 2 aromatic heterocycles. The van der Waals surface area contributed by atoms with E-state index in [9.17, 15) is 4.79 Å². The van der Waals surface area contributed by atoms with Gasteiger partial charge in [0.15, 0.2) is 17.2 Å². The van der Waals surface area contributed by atoms with Crippen molar-refractivity contribution in [1.29, 1.82) is 0 Å². The van der Waals surface area contributed by atoms with Crippen LogP contribution in [0.4, 0.5) is 10.8 Å². The zero-order valence-corrected chi connectivity index (χ0v) is 11.8. The first-order chi connectivity index (χ1) is 8.99. The summed E-state index contributed by atoms with van der Waals surface area (Å²) < 4.78 is 5.64. The molecule has 0 saturated heterocycles. The fraction of sp³-hybridized carbons (Fsp3) is 0.250. The number of fused-ring (bicyclic) bond motifs is 1. The van der Waals surface area contributed by atoms with Crippen molar-refractivity contribution in [2.45, 2.75) is 19.4 Å². The summed E-state index contributed by atoms with van der Waals surface area (Å²) in [7, 11) is 0. The first kappa shape index (κ1) is 12.4. The Balaban J connectivity index is 2.21. The van der Waals surface area contributed by atoms with E-state index in [2.05, 4.69) is 9.97 Å². The summed E-state index contributed by atoms with van der Waals surface area (Å²) in [5.74, 6) is 0.645. The molecule has 0 unspecified atom stereocenters. The van der Waals surface area contributed by atoms with E-state index in [4.69, 9.17) is 16.3 Å². The Morgan fingerprint density at radius 1 is 1.47 bits per heavy atom. The number of carbonyl (C=O) groups is 1. The lowest BCUT2D eigenvalue weighted by atomic mass is 10.1. The van der Waals surface area contributed by atoms with Gasteiger partial charge in [0.05, 0.1) is 6.20 Å². The fourth-order valence-corrected chi connectivity index (χ4v) is 2.72. The Kier molecular flexibility index (Phi) is 2.72. The molecule has 0 aromatic carbocycles. The minimum Gasteiger partial charge on any atom is -0.472 e. The lowest BCUT2D eigenvalue weighted by molar-refractivity contribution is -0.131. The number of anilines is 2. The Hall–Kier alpha value is -1.66. The van der Waals surface area contributed by atoms with Crippen molar-refractivity contribution in [1.82, 2.24) is 9.97 Å². The molecule has 0 saturated carbocycles. The Bertz CT molecular complexity index is 642. The van der Waals surface area contributed by atoms with Crippen molar-refractivity contribution >= 4 is 39.7 Å². The fourth-order valence-electron chi connectivity index (χ4n) is 1.86. The summed E-state index contributed by atoms with van der Waals surface area (Å²) in [5, 5.41) is 2.75. The van der Waals surface area contributed by atoms with Crippen LogP contribution in [0.25, 0.3) is 0 Å². The zero-order chi connectivity index (χ0) is 13.6. The molecule has 5 nitrogen and oxygen atoms in total. The first-order valence-electron chi connectivity index (χ1n) is 5.59. The molecule has 98 valence electrons. The average Bonchev–Trinajstić information content (AvgIpc) is 2.85. The van der Waals surface area contributed by atoms with E-state index in [1.54, 1.807) is 13.8 Å². The van der Waals surface area contributed by atoms with Crippen LogP contribution in [0.15, 0.2) is 23.7 Å².